The van der Waals surface area contributed by atoms with Gasteiger partial charge in [-0.15, -0.1) is 0 Å². The van der Waals surface area contributed by atoms with Crippen molar-refractivity contribution < 1.29 is 14.0 Å². The first-order valence-corrected chi connectivity index (χ1v) is 11.6. The molecular formula is C28H30N4O3. The van der Waals surface area contributed by atoms with Gasteiger partial charge in [-0.25, -0.2) is 4.68 Å². The van der Waals surface area contributed by atoms with Crippen LogP contribution in [0, 0.1) is 6.92 Å². The number of nitrogens with one attached hydrogen (secondary N) is 1. The maximum absolute atomic E-state index is 13.2. The van der Waals surface area contributed by atoms with Gasteiger partial charge in [0.25, 0.3) is 5.91 Å². The molecule has 1 N–H and O–H groups in total. The Morgan fingerprint density at radius 2 is 1.71 bits per heavy atom. The summed E-state index contributed by atoms with van der Waals surface area (Å²) in [5, 5.41) is 7.78. The molecule has 2 heterocycles. The Kier molecular flexibility index (Phi) is 6.87. The largest absolute Gasteiger partial charge is 0.467 e. The van der Waals surface area contributed by atoms with E-state index < -0.39 is 0 Å². The molecule has 0 aliphatic heterocycles. The van der Waals surface area contributed by atoms with Crippen LogP contribution in [0.25, 0.3) is 5.69 Å². The number of carbonyl (C=O) groups excluding carboxylic acids is 2. The molecule has 180 valence electrons. The minimum atomic E-state index is -0.323. The second-order valence-corrected chi connectivity index (χ2v) is 9.52. The highest BCUT2D eigenvalue weighted by Gasteiger charge is 2.24. The number of anilines is 1. The van der Waals surface area contributed by atoms with Crippen molar-refractivity contribution in [2.45, 2.75) is 39.7 Å². The summed E-state index contributed by atoms with van der Waals surface area (Å²) in [5.74, 6) is 0.581. The number of hydrogen-bond acceptors (Lipinski definition) is 4. The van der Waals surface area contributed by atoms with E-state index in [0.29, 0.717) is 17.1 Å². The van der Waals surface area contributed by atoms with Crippen LogP contribution in [0.4, 0.5) is 5.82 Å². The lowest BCUT2D eigenvalue weighted by Gasteiger charge is -2.21. The van der Waals surface area contributed by atoms with E-state index in [1.165, 1.54) is 4.90 Å². The van der Waals surface area contributed by atoms with E-state index in [2.05, 4.69) is 26.1 Å². The summed E-state index contributed by atoms with van der Waals surface area (Å²) in [6.07, 6.45) is 1.55. The predicted octanol–water partition coefficient (Wildman–Crippen LogP) is 5.35. The normalized spacial score (nSPS) is 11.3. The Bertz CT molecular complexity index is 1300. The summed E-state index contributed by atoms with van der Waals surface area (Å²) >= 11 is 0. The molecule has 0 bridgehead atoms. The molecule has 7 nitrogen and oxygen atoms in total. The van der Waals surface area contributed by atoms with E-state index >= 15 is 0 Å². The van der Waals surface area contributed by atoms with Gasteiger partial charge < -0.3 is 14.6 Å². The Morgan fingerprint density at radius 3 is 2.37 bits per heavy atom. The number of rotatable bonds is 7. The fraction of sp³-hybridized carbons (Fsp3) is 0.250. The van der Waals surface area contributed by atoms with Crippen molar-refractivity contribution in [2.75, 3.05) is 11.9 Å². The second-order valence-electron chi connectivity index (χ2n) is 9.52. The van der Waals surface area contributed by atoms with E-state index in [0.717, 1.165) is 16.9 Å². The number of benzene rings is 2. The van der Waals surface area contributed by atoms with Crippen LogP contribution in [0.1, 0.15) is 48.1 Å². The third kappa shape index (κ3) is 5.69. The Morgan fingerprint density at radius 1 is 1.00 bits per heavy atom. The summed E-state index contributed by atoms with van der Waals surface area (Å²) in [4.78, 5) is 27.9. The van der Waals surface area contributed by atoms with Crippen LogP contribution < -0.4 is 5.32 Å². The monoisotopic (exact) mass is 470 g/mol. The summed E-state index contributed by atoms with van der Waals surface area (Å²) in [5.41, 5.74) is 3.06. The second kappa shape index (κ2) is 10.0. The molecule has 2 aromatic carbocycles. The van der Waals surface area contributed by atoms with Gasteiger partial charge in [0, 0.05) is 17.0 Å². The third-order valence-electron chi connectivity index (χ3n) is 5.66. The number of furan rings is 1. The zero-order valence-corrected chi connectivity index (χ0v) is 20.5. The van der Waals surface area contributed by atoms with Crippen molar-refractivity contribution in [3.05, 3.63) is 102 Å². The molecule has 0 spiro atoms. The van der Waals surface area contributed by atoms with Crippen molar-refractivity contribution >= 4 is 17.6 Å². The zero-order valence-electron chi connectivity index (χ0n) is 20.5. The van der Waals surface area contributed by atoms with Crippen LogP contribution in [0.2, 0.25) is 0 Å². The number of nitrogens with zero attached hydrogens (tertiary/aromatic N) is 3. The third-order valence-corrected chi connectivity index (χ3v) is 5.66. The topological polar surface area (TPSA) is 80.4 Å². The van der Waals surface area contributed by atoms with Gasteiger partial charge in [-0.2, -0.15) is 5.10 Å². The molecule has 0 aliphatic rings. The van der Waals surface area contributed by atoms with Gasteiger partial charge in [-0.1, -0.05) is 57.2 Å². The quantitative estimate of drug-likeness (QED) is 0.395. The minimum Gasteiger partial charge on any atom is -0.467 e. The van der Waals surface area contributed by atoms with Crippen molar-refractivity contribution in [1.29, 1.82) is 0 Å². The average Bonchev–Trinajstić information content (AvgIpc) is 3.49. The molecule has 0 saturated heterocycles. The molecule has 0 aliphatic carbocycles. The Balaban J connectivity index is 1.61. The van der Waals surface area contributed by atoms with Crippen LogP contribution in [-0.2, 0) is 16.8 Å². The van der Waals surface area contributed by atoms with Crippen molar-refractivity contribution in [3.8, 4) is 5.69 Å². The lowest BCUT2D eigenvalue weighted by Crippen LogP contribution is -2.37. The molecule has 0 radical (unpaired) electrons. The molecule has 0 saturated carbocycles. The minimum absolute atomic E-state index is 0.141. The first-order chi connectivity index (χ1) is 16.7. The Labute approximate surface area is 205 Å². The van der Waals surface area contributed by atoms with Gasteiger partial charge in [-0.05, 0) is 42.8 Å². The van der Waals surface area contributed by atoms with E-state index in [-0.39, 0.29) is 30.3 Å². The summed E-state index contributed by atoms with van der Waals surface area (Å²) in [6, 6.07) is 22.2. The highest BCUT2D eigenvalue weighted by molar-refractivity contribution is 5.99. The molecule has 0 atom stereocenters. The maximum atomic E-state index is 13.2. The van der Waals surface area contributed by atoms with E-state index in [1.54, 1.807) is 47.3 Å². The predicted molar refractivity (Wildman–Crippen MR) is 136 cm³/mol. The first kappa shape index (κ1) is 24.0. The molecule has 2 aromatic heterocycles. The van der Waals surface area contributed by atoms with E-state index in [4.69, 9.17) is 9.52 Å². The molecule has 0 fully saturated rings. The average molecular weight is 471 g/mol. The number of carbonyl (C=O) groups is 2. The first-order valence-electron chi connectivity index (χ1n) is 11.6. The molecule has 7 heteroatoms. The van der Waals surface area contributed by atoms with Crippen molar-refractivity contribution in [3.63, 3.8) is 0 Å². The number of amides is 2. The lowest BCUT2D eigenvalue weighted by molar-refractivity contribution is -0.117. The molecule has 4 rings (SSSR count). The molecular weight excluding hydrogens is 440 g/mol. The van der Waals surface area contributed by atoms with E-state index in [1.807, 2.05) is 43.3 Å². The number of para-hydroxylation sites is 1. The number of aromatic nitrogens is 2. The molecule has 0 unspecified atom stereocenters. The molecule has 35 heavy (non-hydrogen) atoms. The summed E-state index contributed by atoms with van der Waals surface area (Å²) in [6.45, 7) is 8.27. The zero-order chi connectivity index (χ0) is 25.0. The summed E-state index contributed by atoms with van der Waals surface area (Å²) < 4.78 is 7.19. The summed E-state index contributed by atoms with van der Waals surface area (Å²) in [7, 11) is 0. The fourth-order valence-corrected chi connectivity index (χ4v) is 3.73. The van der Waals surface area contributed by atoms with Crippen LogP contribution in [0.3, 0.4) is 0 Å². The van der Waals surface area contributed by atoms with Gasteiger partial charge >= 0.3 is 0 Å². The van der Waals surface area contributed by atoms with Gasteiger partial charge in [-0.3, -0.25) is 9.59 Å². The number of aryl methyl sites for hydroxylation is 1. The smallest absolute Gasteiger partial charge is 0.254 e. The van der Waals surface area contributed by atoms with Crippen molar-refractivity contribution in [1.82, 2.24) is 14.7 Å². The highest BCUT2D eigenvalue weighted by Crippen LogP contribution is 2.27. The standard InChI is InChI=1S/C28H30N4O3/c1-20-11-8-9-15-23(20)32-25(17-24(30-32)28(2,3)4)29-26(33)19-31(18-22-14-10-16-35-22)27(34)21-12-6-5-7-13-21/h5-17H,18-19H2,1-4H3,(H,29,33). The Hall–Kier alpha value is -4.13. The van der Waals surface area contributed by atoms with Gasteiger partial charge in [0.2, 0.25) is 5.91 Å². The van der Waals surface area contributed by atoms with Crippen LogP contribution >= 0.6 is 0 Å². The fourth-order valence-electron chi connectivity index (χ4n) is 3.73. The van der Waals surface area contributed by atoms with Gasteiger partial charge in [0.05, 0.1) is 24.2 Å². The molecule has 2 amide bonds. The number of hydrogen-bond donors (Lipinski definition) is 1. The lowest BCUT2D eigenvalue weighted by atomic mass is 9.92. The highest BCUT2D eigenvalue weighted by atomic mass is 16.3. The van der Waals surface area contributed by atoms with Crippen LogP contribution in [0.15, 0.2) is 83.5 Å². The van der Waals surface area contributed by atoms with Crippen LogP contribution in [-0.4, -0.2) is 33.0 Å². The van der Waals surface area contributed by atoms with E-state index in [9.17, 15) is 9.59 Å². The molecule has 4 aromatic rings. The maximum Gasteiger partial charge on any atom is 0.254 e. The van der Waals surface area contributed by atoms with Gasteiger partial charge in [0.1, 0.15) is 18.1 Å². The van der Waals surface area contributed by atoms with Gasteiger partial charge in [0.15, 0.2) is 0 Å². The van der Waals surface area contributed by atoms with Crippen molar-refractivity contribution in [2.24, 2.45) is 0 Å². The van der Waals surface area contributed by atoms with Crippen LogP contribution in [0.5, 0.6) is 0 Å². The SMILES string of the molecule is Cc1ccccc1-n1nc(C(C)(C)C)cc1NC(=O)CN(Cc1ccco1)C(=O)c1ccccc1.